The second-order valence-corrected chi connectivity index (χ2v) is 4.92. The molecule has 1 aromatic carbocycles. The summed E-state index contributed by atoms with van der Waals surface area (Å²) in [5.74, 6) is 0.352. The lowest BCUT2D eigenvalue weighted by Gasteiger charge is -2.26. The van der Waals surface area contributed by atoms with Crippen LogP contribution in [0.25, 0.3) is 0 Å². The summed E-state index contributed by atoms with van der Waals surface area (Å²) in [6, 6.07) is 7.56. The molecular weight excluding hydrogens is 236 g/mol. The summed E-state index contributed by atoms with van der Waals surface area (Å²) in [5, 5.41) is 0. The van der Waals surface area contributed by atoms with E-state index in [-0.39, 0.29) is 11.8 Å². The van der Waals surface area contributed by atoms with E-state index in [9.17, 15) is 4.79 Å². The third-order valence-electron chi connectivity index (χ3n) is 3.51. The van der Waals surface area contributed by atoms with Gasteiger partial charge in [0.05, 0.1) is 0 Å². The number of carbonyl (C=O) groups is 1. The standard InChI is InChI=1S/C16H26N2O/c1-4-7-9-13(5-2)16(19)18(6-3)15-11-8-10-14(17)12-15/h8,10-13H,4-7,9,17H2,1-3H3. The van der Waals surface area contributed by atoms with Gasteiger partial charge in [0.15, 0.2) is 0 Å². The van der Waals surface area contributed by atoms with Gasteiger partial charge in [-0.2, -0.15) is 0 Å². The Bertz CT molecular complexity index is 403. The van der Waals surface area contributed by atoms with Gasteiger partial charge >= 0.3 is 0 Å². The Balaban J connectivity index is 2.86. The van der Waals surface area contributed by atoms with E-state index in [0.29, 0.717) is 12.2 Å². The molecule has 1 rings (SSSR count). The first-order valence-electron chi connectivity index (χ1n) is 7.30. The molecule has 3 heteroatoms. The Kier molecular flexibility index (Phi) is 6.40. The lowest BCUT2D eigenvalue weighted by molar-refractivity contribution is -0.122. The molecule has 0 radical (unpaired) electrons. The highest BCUT2D eigenvalue weighted by molar-refractivity contribution is 5.95. The minimum atomic E-state index is 0.126. The summed E-state index contributed by atoms with van der Waals surface area (Å²) in [5.41, 5.74) is 7.41. The van der Waals surface area contributed by atoms with Crippen LogP contribution < -0.4 is 10.6 Å². The molecule has 0 aliphatic rings. The fraction of sp³-hybridized carbons (Fsp3) is 0.562. The molecule has 0 fully saturated rings. The lowest BCUT2D eigenvalue weighted by atomic mass is 9.97. The number of nitrogens with two attached hydrogens (primary N) is 1. The number of nitrogens with zero attached hydrogens (tertiary/aromatic N) is 1. The van der Waals surface area contributed by atoms with Crippen LogP contribution in [0.1, 0.15) is 46.5 Å². The van der Waals surface area contributed by atoms with Gasteiger partial charge in [-0.05, 0) is 38.0 Å². The van der Waals surface area contributed by atoms with Crippen LogP contribution in [0.2, 0.25) is 0 Å². The molecule has 1 atom stereocenters. The summed E-state index contributed by atoms with van der Waals surface area (Å²) in [7, 11) is 0. The minimum Gasteiger partial charge on any atom is -0.399 e. The predicted octanol–water partition coefficient (Wildman–Crippen LogP) is 3.84. The van der Waals surface area contributed by atoms with Crippen LogP contribution in [0.3, 0.4) is 0 Å². The molecule has 1 aromatic rings. The monoisotopic (exact) mass is 262 g/mol. The zero-order valence-corrected chi connectivity index (χ0v) is 12.4. The molecular formula is C16H26N2O. The van der Waals surface area contributed by atoms with Crippen molar-refractivity contribution in [2.45, 2.75) is 46.5 Å². The summed E-state index contributed by atoms with van der Waals surface area (Å²) in [4.78, 5) is 14.5. The second-order valence-electron chi connectivity index (χ2n) is 4.92. The topological polar surface area (TPSA) is 46.3 Å². The Morgan fingerprint density at radius 3 is 2.58 bits per heavy atom. The van der Waals surface area contributed by atoms with Crippen molar-refractivity contribution in [3.8, 4) is 0 Å². The number of unbranched alkanes of at least 4 members (excludes halogenated alkanes) is 1. The summed E-state index contributed by atoms with van der Waals surface area (Å²) in [6.45, 7) is 6.94. The van der Waals surface area contributed by atoms with E-state index in [1.165, 1.54) is 0 Å². The van der Waals surface area contributed by atoms with Crippen molar-refractivity contribution < 1.29 is 4.79 Å². The zero-order chi connectivity index (χ0) is 14.3. The average Bonchev–Trinajstić information content (AvgIpc) is 2.40. The van der Waals surface area contributed by atoms with Crippen LogP contribution in [0.4, 0.5) is 11.4 Å². The van der Waals surface area contributed by atoms with E-state index in [0.717, 1.165) is 31.4 Å². The molecule has 0 heterocycles. The number of hydrogen-bond donors (Lipinski definition) is 1. The molecule has 0 spiro atoms. The number of hydrogen-bond acceptors (Lipinski definition) is 2. The highest BCUT2D eigenvalue weighted by Crippen LogP contribution is 2.23. The molecule has 0 saturated carbocycles. The quantitative estimate of drug-likeness (QED) is 0.759. The molecule has 1 amide bonds. The molecule has 1 unspecified atom stereocenters. The third kappa shape index (κ3) is 4.27. The van der Waals surface area contributed by atoms with Crippen molar-refractivity contribution in [3.63, 3.8) is 0 Å². The van der Waals surface area contributed by atoms with Gasteiger partial charge in [-0.15, -0.1) is 0 Å². The Hall–Kier alpha value is -1.51. The van der Waals surface area contributed by atoms with Crippen molar-refractivity contribution in [1.82, 2.24) is 0 Å². The molecule has 0 saturated heterocycles. The SMILES string of the molecule is CCCCC(CC)C(=O)N(CC)c1cccc(N)c1. The van der Waals surface area contributed by atoms with E-state index in [4.69, 9.17) is 5.73 Å². The van der Waals surface area contributed by atoms with Gasteiger partial charge < -0.3 is 10.6 Å². The zero-order valence-electron chi connectivity index (χ0n) is 12.4. The van der Waals surface area contributed by atoms with E-state index < -0.39 is 0 Å². The van der Waals surface area contributed by atoms with Crippen LogP contribution >= 0.6 is 0 Å². The number of rotatable bonds is 7. The predicted molar refractivity (Wildman–Crippen MR) is 82.2 cm³/mol. The summed E-state index contributed by atoms with van der Waals surface area (Å²) < 4.78 is 0. The molecule has 19 heavy (non-hydrogen) atoms. The van der Waals surface area contributed by atoms with Gasteiger partial charge in [-0.3, -0.25) is 4.79 Å². The second kappa shape index (κ2) is 7.82. The normalized spacial score (nSPS) is 12.2. The molecule has 0 aromatic heterocycles. The van der Waals surface area contributed by atoms with Gasteiger partial charge in [-0.25, -0.2) is 0 Å². The van der Waals surface area contributed by atoms with Gasteiger partial charge in [0.25, 0.3) is 0 Å². The summed E-state index contributed by atoms with van der Waals surface area (Å²) >= 11 is 0. The largest absolute Gasteiger partial charge is 0.399 e. The summed E-state index contributed by atoms with van der Waals surface area (Å²) in [6.07, 6.45) is 4.12. The first-order chi connectivity index (χ1) is 9.13. The number of amides is 1. The molecule has 0 bridgehead atoms. The maximum atomic E-state index is 12.6. The Morgan fingerprint density at radius 2 is 2.05 bits per heavy atom. The number of nitrogen functional groups attached to an aromatic ring is 1. The first kappa shape index (κ1) is 15.5. The van der Waals surface area contributed by atoms with Crippen LogP contribution in [-0.2, 0) is 4.79 Å². The molecule has 3 nitrogen and oxygen atoms in total. The van der Waals surface area contributed by atoms with Gasteiger partial charge in [-0.1, -0.05) is 32.8 Å². The van der Waals surface area contributed by atoms with Gasteiger partial charge in [0.1, 0.15) is 0 Å². The Labute approximate surface area is 116 Å². The molecule has 0 aliphatic heterocycles. The van der Waals surface area contributed by atoms with Crippen molar-refractivity contribution in [1.29, 1.82) is 0 Å². The van der Waals surface area contributed by atoms with Crippen LogP contribution in [0.15, 0.2) is 24.3 Å². The van der Waals surface area contributed by atoms with Crippen LogP contribution in [-0.4, -0.2) is 12.5 Å². The van der Waals surface area contributed by atoms with E-state index in [2.05, 4.69) is 13.8 Å². The third-order valence-corrected chi connectivity index (χ3v) is 3.51. The maximum absolute atomic E-state index is 12.6. The number of carbonyl (C=O) groups excluding carboxylic acids is 1. The highest BCUT2D eigenvalue weighted by Gasteiger charge is 2.22. The van der Waals surface area contributed by atoms with E-state index >= 15 is 0 Å². The van der Waals surface area contributed by atoms with Crippen molar-refractivity contribution in [2.75, 3.05) is 17.2 Å². The molecule has 2 N–H and O–H groups in total. The number of anilines is 2. The smallest absolute Gasteiger partial charge is 0.230 e. The lowest BCUT2D eigenvalue weighted by Crippen LogP contribution is -2.36. The highest BCUT2D eigenvalue weighted by atomic mass is 16.2. The van der Waals surface area contributed by atoms with Crippen molar-refractivity contribution in [3.05, 3.63) is 24.3 Å². The van der Waals surface area contributed by atoms with E-state index in [1.807, 2.05) is 36.1 Å². The van der Waals surface area contributed by atoms with E-state index in [1.54, 1.807) is 0 Å². The van der Waals surface area contributed by atoms with Crippen molar-refractivity contribution in [2.24, 2.45) is 5.92 Å². The molecule has 106 valence electrons. The van der Waals surface area contributed by atoms with Crippen LogP contribution in [0, 0.1) is 5.92 Å². The average molecular weight is 262 g/mol. The van der Waals surface area contributed by atoms with Crippen molar-refractivity contribution >= 4 is 17.3 Å². The van der Waals surface area contributed by atoms with Crippen LogP contribution in [0.5, 0.6) is 0 Å². The first-order valence-corrected chi connectivity index (χ1v) is 7.30. The number of benzene rings is 1. The maximum Gasteiger partial charge on any atom is 0.230 e. The van der Waals surface area contributed by atoms with Gasteiger partial charge in [0.2, 0.25) is 5.91 Å². The Morgan fingerprint density at radius 1 is 1.32 bits per heavy atom. The van der Waals surface area contributed by atoms with Gasteiger partial charge in [0, 0.05) is 23.8 Å². The molecule has 0 aliphatic carbocycles. The fourth-order valence-corrected chi connectivity index (χ4v) is 2.33. The fourth-order valence-electron chi connectivity index (χ4n) is 2.33. The minimum absolute atomic E-state index is 0.126.